The first-order valence-electron chi connectivity index (χ1n) is 9.02. The maximum absolute atomic E-state index is 2.49. The summed E-state index contributed by atoms with van der Waals surface area (Å²) in [6.45, 7) is 6.44. The predicted octanol–water partition coefficient (Wildman–Crippen LogP) is 4.99. The van der Waals surface area contributed by atoms with Crippen molar-refractivity contribution in [1.29, 1.82) is 0 Å². The molecule has 126 valence electrons. The van der Waals surface area contributed by atoms with Gasteiger partial charge in [-0.05, 0) is 47.9 Å². The Morgan fingerprint density at radius 1 is 0.560 bits per heavy atom. The Morgan fingerprint density at radius 2 is 1.16 bits per heavy atom. The van der Waals surface area contributed by atoms with Gasteiger partial charge in [0.05, 0.1) is 0 Å². The van der Waals surface area contributed by atoms with E-state index in [2.05, 4.69) is 95.6 Å². The van der Waals surface area contributed by atoms with Crippen molar-refractivity contribution in [1.82, 2.24) is 0 Å². The highest BCUT2D eigenvalue weighted by Crippen LogP contribution is 2.25. The molecule has 0 unspecified atom stereocenters. The second-order valence-electron chi connectivity index (χ2n) is 6.73. The van der Waals surface area contributed by atoms with Crippen molar-refractivity contribution < 1.29 is 0 Å². The van der Waals surface area contributed by atoms with Crippen LogP contribution in [0.5, 0.6) is 0 Å². The monoisotopic (exact) mass is 328 g/mol. The number of rotatable bonds is 3. The molecule has 1 fully saturated rings. The van der Waals surface area contributed by atoms with Crippen LogP contribution in [0.25, 0.3) is 11.1 Å². The Balaban J connectivity index is 1.42. The number of hydrogen-bond acceptors (Lipinski definition) is 2. The van der Waals surface area contributed by atoms with Gasteiger partial charge in [0.1, 0.15) is 0 Å². The third-order valence-corrected chi connectivity index (χ3v) is 4.99. The van der Waals surface area contributed by atoms with Crippen LogP contribution >= 0.6 is 0 Å². The highest BCUT2D eigenvalue weighted by Gasteiger charge is 2.17. The van der Waals surface area contributed by atoms with Crippen molar-refractivity contribution >= 4 is 11.4 Å². The molecule has 4 rings (SSSR count). The molecule has 0 N–H and O–H groups in total. The topological polar surface area (TPSA) is 6.48 Å². The first-order valence-corrected chi connectivity index (χ1v) is 9.02. The zero-order valence-corrected chi connectivity index (χ0v) is 14.7. The van der Waals surface area contributed by atoms with Gasteiger partial charge in [0.15, 0.2) is 0 Å². The van der Waals surface area contributed by atoms with Crippen molar-refractivity contribution in [3.05, 3.63) is 84.4 Å². The molecule has 0 aliphatic carbocycles. The van der Waals surface area contributed by atoms with Crippen LogP contribution in [0.3, 0.4) is 0 Å². The number of piperazine rings is 1. The van der Waals surface area contributed by atoms with Crippen molar-refractivity contribution in [2.45, 2.75) is 6.92 Å². The van der Waals surface area contributed by atoms with Crippen molar-refractivity contribution in [3.63, 3.8) is 0 Å². The maximum atomic E-state index is 2.49. The molecule has 2 nitrogen and oxygen atoms in total. The molecule has 1 aliphatic heterocycles. The van der Waals surface area contributed by atoms with Crippen LogP contribution in [0.4, 0.5) is 11.4 Å². The van der Waals surface area contributed by atoms with E-state index in [1.807, 2.05) is 0 Å². The van der Waals surface area contributed by atoms with Crippen LogP contribution in [0, 0.1) is 6.92 Å². The van der Waals surface area contributed by atoms with Gasteiger partial charge in [0.25, 0.3) is 0 Å². The van der Waals surface area contributed by atoms with Crippen LogP contribution in [0.2, 0.25) is 0 Å². The van der Waals surface area contributed by atoms with E-state index in [1.165, 1.54) is 28.1 Å². The van der Waals surface area contributed by atoms with Gasteiger partial charge in [0.2, 0.25) is 0 Å². The largest absolute Gasteiger partial charge is 0.368 e. The highest BCUT2D eigenvalue weighted by atomic mass is 15.3. The van der Waals surface area contributed by atoms with Crippen molar-refractivity contribution in [2.75, 3.05) is 36.0 Å². The summed E-state index contributed by atoms with van der Waals surface area (Å²) in [6, 6.07) is 28.4. The minimum Gasteiger partial charge on any atom is -0.368 e. The first kappa shape index (κ1) is 15.8. The molecule has 0 radical (unpaired) electrons. The predicted molar refractivity (Wildman–Crippen MR) is 107 cm³/mol. The fourth-order valence-electron chi connectivity index (χ4n) is 3.54. The van der Waals surface area contributed by atoms with E-state index in [0.29, 0.717) is 0 Å². The molecular weight excluding hydrogens is 304 g/mol. The van der Waals surface area contributed by atoms with Crippen molar-refractivity contribution in [2.24, 2.45) is 0 Å². The number of nitrogens with zero attached hydrogens (tertiary/aromatic N) is 2. The zero-order chi connectivity index (χ0) is 17.1. The smallest absolute Gasteiger partial charge is 0.0370 e. The highest BCUT2D eigenvalue weighted by molar-refractivity contribution is 5.66. The van der Waals surface area contributed by atoms with Crippen LogP contribution in [0.15, 0.2) is 78.9 Å². The summed E-state index contributed by atoms with van der Waals surface area (Å²) in [4.78, 5) is 4.98. The van der Waals surface area contributed by atoms with Gasteiger partial charge < -0.3 is 9.80 Å². The van der Waals surface area contributed by atoms with E-state index in [9.17, 15) is 0 Å². The lowest BCUT2D eigenvalue weighted by Crippen LogP contribution is -2.46. The summed E-state index contributed by atoms with van der Waals surface area (Å²) >= 11 is 0. The molecule has 1 heterocycles. The molecule has 0 saturated carbocycles. The molecule has 25 heavy (non-hydrogen) atoms. The van der Waals surface area contributed by atoms with Gasteiger partial charge in [-0.25, -0.2) is 0 Å². The van der Waals surface area contributed by atoms with Gasteiger partial charge in [-0.3, -0.25) is 0 Å². The molecule has 3 aromatic rings. The third kappa shape index (κ3) is 3.53. The van der Waals surface area contributed by atoms with Crippen LogP contribution in [-0.2, 0) is 0 Å². The van der Waals surface area contributed by atoms with Crippen LogP contribution < -0.4 is 9.80 Å². The number of aryl methyl sites for hydroxylation is 1. The average Bonchev–Trinajstić information content (AvgIpc) is 2.69. The quantitative estimate of drug-likeness (QED) is 0.668. The second kappa shape index (κ2) is 7.02. The molecular formula is C23H24N2. The lowest BCUT2D eigenvalue weighted by Gasteiger charge is -2.37. The summed E-state index contributed by atoms with van der Waals surface area (Å²) in [5.74, 6) is 0. The first-order chi connectivity index (χ1) is 12.3. The molecule has 1 aliphatic rings. The fourth-order valence-corrected chi connectivity index (χ4v) is 3.54. The Hall–Kier alpha value is -2.74. The SMILES string of the molecule is Cc1cccc(N2CCN(c3ccc(-c4ccccc4)cc3)CC2)c1. The van der Waals surface area contributed by atoms with E-state index < -0.39 is 0 Å². The Morgan fingerprint density at radius 3 is 1.80 bits per heavy atom. The molecule has 0 atom stereocenters. The van der Waals surface area contributed by atoms with Gasteiger partial charge >= 0.3 is 0 Å². The number of benzene rings is 3. The van der Waals surface area contributed by atoms with Gasteiger partial charge in [-0.1, -0.05) is 54.6 Å². The van der Waals surface area contributed by atoms with Crippen molar-refractivity contribution in [3.8, 4) is 11.1 Å². The Kier molecular flexibility index (Phi) is 4.43. The lowest BCUT2D eigenvalue weighted by atomic mass is 10.1. The summed E-state index contributed by atoms with van der Waals surface area (Å²) in [5, 5.41) is 0. The summed E-state index contributed by atoms with van der Waals surface area (Å²) in [5.41, 5.74) is 6.56. The Labute approximate surface area is 150 Å². The van der Waals surface area contributed by atoms with Gasteiger partial charge in [-0.15, -0.1) is 0 Å². The summed E-state index contributed by atoms with van der Waals surface area (Å²) in [7, 11) is 0. The molecule has 0 aromatic heterocycles. The van der Waals surface area contributed by atoms with E-state index in [1.54, 1.807) is 0 Å². The zero-order valence-electron chi connectivity index (χ0n) is 14.7. The second-order valence-corrected chi connectivity index (χ2v) is 6.73. The van der Waals surface area contributed by atoms with E-state index in [0.717, 1.165) is 26.2 Å². The molecule has 1 saturated heterocycles. The summed E-state index contributed by atoms with van der Waals surface area (Å²) in [6.07, 6.45) is 0. The maximum Gasteiger partial charge on any atom is 0.0370 e. The fraction of sp³-hybridized carbons (Fsp3) is 0.217. The lowest BCUT2D eigenvalue weighted by molar-refractivity contribution is 0.653. The van der Waals surface area contributed by atoms with Crippen LogP contribution in [0.1, 0.15) is 5.56 Å². The Bertz CT molecular complexity index is 816. The minimum atomic E-state index is 1.07. The molecule has 2 heteroatoms. The number of anilines is 2. The third-order valence-electron chi connectivity index (χ3n) is 4.99. The minimum absolute atomic E-state index is 1.07. The molecule has 0 spiro atoms. The molecule has 3 aromatic carbocycles. The van der Waals surface area contributed by atoms with E-state index >= 15 is 0 Å². The van der Waals surface area contributed by atoms with Gasteiger partial charge in [-0.2, -0.15) is 0 Å². The van der Waals surface area contributed by atoms with E-state index in [-0.39, 0.29) is 0 Å². The standard InChI is InChI=1S/C23H24N2/c1-19-6-5-9-23(18-19)25-16-14-24(15-17-25)22-12-10-21(11-13-22)20-7-3-2-4-8-20/h2-13,18H,14-17H2,1H3. The molecule has 0 bridgehead atoms. The van der Waals surface area contributed by atoms with Crippen LogP contribution in [-0.4, -0.2) is 26.2 Å². The van der Waals surface area contributed by atoms with Gasteiger partial charge in [0, 0.05) is 37.6 Å². The summed E-state index contributed by atoms with van der Waals surface area (Å²) < 4.78 is 0. The molecule has 0 amide bonds. The normalized spacial score (nSPS) is 14.6. The average molecular weight is 328 g/mol. The number of hydrogen-bond donors (Lipinski definition) is 0. The van der Waals surface area contributed by atoms with E-state index in [4.69, 9.17) is 0 Å².